The van der Waals surface area contributed by atoms with Crippen molar-refractivity contribution in [2.45, 2.75) is 45.6 Å². The van der Waals surface area contributed by atoms with Crippen LogP contribution in [-0.4, -0.2) is 24.8 Å². The van der Waals surface area contributed by atoms with Crippen LogP contribution in [0.2, 0.25) is 0 Å². The molecule has 0 heterocycles. The molecule has 0 saturated heterocycles. The minimum atomic E-state index is 0. The van der Waals surface area contributed by atoms with Crippen LogP contribution in [0.5, 0.6) is 11.5 Å². The van der Waals surface area contributed by atoms with Crippen molar-refractivity contribution in [1.29, 1.82) is 0 Å². The SMILES string of the molecule is CCCCNC(C)CCc1ccc(O)c(OC)c1.Cl. The maximum absolute atomic E-state index is 9.52. The molecule has 0 bridgehead atoms. The van der Waals surface area contributed by atoms with Gasteiger partial charge in [0.05, 0.1) is 7.11 Å². The van der Waals surface area contributed by atoms with Gasteiger partial charge in [0, 0.05) is 6.04 Å². The number of benzene rings is 1. The Balaban J connectivity index is 0.00000324. The molecule has 19 heavy (non-hydrogen) atoms. The molecule has 0 aliphatic heterocycles. The zero-order chi connectivity index (χ0) is 13.4. The molecule has 1 aromatic rings. The Hall–Kier alpha value is -0.930. The molecule has 110 valence electrons. The van der Waals surface area contributed by atoms with Gasteiger partial charge in [0.1, 0.15) is 0 Å². The number of phenolic OH excluding ortho intramolecular Hbond substituents is 1. The molecule has 0 spiro atoms. The quantitative estimate of drug-likeness (QED) is 0.719. The first-order chi connectivity index (χ1) is 8.67. The van der Waals surface area contributed by atoms with Crippen molar-refractivity contribution in [2.24, 2.45) is 0 Å². The third-order valence-electron chi connectivity index (χ3n) is 3.13. The normalized spacial score (nSPS) is 11.7. The van der Waals surface area contributed by atoms with E-state index in [1.54, 1.807) is 13.2 Å². The van der Waals surface area contributed by atoms with Crippen molar-refractivity contribution in [3.63, 3.8) is 0 Å². The third-order valence-corrected chi connectivity index (χ3v) is 3.13. The highest BCUT2D eigenvalue weighted by Crippen LogP contribution is 2.26. The smallest absolute Gasteiger partial charge is 0.160 e. The first-order valence-corrected chi connectivity index (χ1v) is 6.76. The average Bonchev–Trinajstić information content (AvgIpc) is 2.38. The number of aryl methyl sites for hydroxylation is 1. The van der Waals surface area contributed by atoms with E-state index in [-0.39, 0.29) is 18.2 Å². The summed E-state index contributed by atoms with van der Waals surface area (Å²) < 4.78 is 5.11. The molecular formula is C15H26ClNO2. The van der Waals surface area contributed by atoms with Gasteiger partial charge in [-0.15, -0.1) is 12.4 Å². The standard InChI is InChI=1S/C15H25NO2.ClH/c1-4-5-10-16-12(2)6-7-13-8-9-14(17)15(11-13)18-3;/h8-9,11-12,16-17H,4-7,10H2,1-3H3;1H. The van der Waals surface area contributed by atoms with Crippen molar-refractivity contribution in [1.82, 2.24) is 5.32 Å². The van der Waals surface area contributed by atoms with E-state index in [1.807, 2.05) is 12.1 Å². The Labute approximate surface area is 122 Å². The lowest BCUT2D eigenvalue weighted by Crippen LogP contribution is -2.27. The van der Waals surface area contributed by atoms with Crippen LogP contribution in [0.1, 0.15) is 38.7 Å². The average molecular weight is 288 g/mol. The summed E-state index contributed by atoms with van der Waals surface area (Å²) in [6.45, 7) is 5.51. The van der Waals surface area contributed by atoms with E-state index in [4.69, 9.17) is 4.74 Å². The fraction of sp³-hybridized carbons (Fsp3) is 0.600. The highest BCUT2D eigenvalue weighted by molar-refractivity contribution is 5.85. The number of halogens is 1. The van der Waals surface area contributed by atoms with Crippen LogP contribution in [0, 0.1) is 0 Å². The first kappa shape index (κ1) is 18.1. The van der Waals surface area contributed by atoms with Gasteiger partial charge in [-0.25, -0.2) is 0 Å². The van der Waals surface area contributed by atoms with E-state index < -0.39 is 0 Å². The molecule has 1 atom stereocenters. The van der Waals surface area contributed by atoms with Crippen molar-refractivity contribution in [3.05, 3.63) is 23.8 Å². The summed E-state index contributed by atoms with van der Waals surface area (Å²) in [4.78, 5) is 0. The van der Waals surface area contributed by atoms with Crippen LogP contribution < -0.4 is 10.1 Å². The highest BCUT2D eigenvalue weighted by atomic mass is 35.5. The summed E-state index contributed by atoms with van der Waals surface area (Å²) in [5.74, 6) is 0.759. The Morgan fingerprint density at radius 2 is 2.11 bits per heavy atom. The summed E-state index contributed by atoms with van der Waals surface area (Å²) in [5.41, 5.74) is 1.20. The summed E-state index contributed by atoms with van der Waals surface area (Å²) in [6.07, 6.45) is 4.56. The van der Waals surface area contributed by atoms with Crippen molar-refractivity contribution >= 4 is 12.4 Å². The minimum absolute atomic E-state index is 0. The number of rotatable bonds is 8. The molecule has 0 aliphatic carbocycles. The topological polar surface area (TPSA) is 41.5 Å². The summed E-state index contributed by atoms with van der Waals surface area (Å²) >= 11 is 0. The second-order valence-corrected chi connectivity index (χ2v) is 4.75. The molecule has 0 saturated carbocycles. The van der Waals surface area contributed by atoms with Crippen LogP contribution in [0.3, 0.4) is 0 Å². The lowest BCUT2D eigenvalue weighted by molar-refractivity contribution is 0.372. The van der Waals surface area contributed by atoms with E-state index in [0.717, 1.165) is 19.4 Å². The number of methoxy groups -OCH3 is 1. The van der Waals surface area contributed by atoms with Crippen LogP contribution in [0.25, 0.3) is 0 Å². The maximum Gasteiger partial charge on any atom is 0.160 e. The monoisotopic (exact) mass is 287 g/mol. The summed E-state index contributed by atoms with van der Waals surface area (Å²) in [7, 11) is 1.58. The van der Waals surface area contributed by atoms with Crippen molar-refractivity contribution in [3.8, 4) is 11.5 Å². The number of hydrogen-bond donors (Lipinski definition) is 2. The lowest BCUT2D eigenvalue weighted by atomic mass is 10.1. The molecule has 2 N–H and O–H groups in total. The summed E-state index contributed by atoms with van der Waals surface area (Å²) in [6, 6.07) is 6.09. The molecule has 1 unspecified atom stereocenters. The number of aromatic hydroxyl groups is 1. The van der Waals surface area contributed by atoms with Crippen molar-refractivity contribution in [2.75, 3.05) is 13.7 Å². The Kier molecular flexibility index (Phi) is 9.44. The maximum atomic E-state index is 9.52. The molecule has 1 aromatic carbocycles. The van der Waals surface area contributed by atoms with E-state index in [0.29, 0.717) is 11.8 Å². The number of unbranched alkanes of at least 4 members (excludes halogenated alkanes) is 1. The molecule has 0 aromatic heterocycles. The number of hydrogen-bond acceptors (Lipinski definition) is 3. The number of phenols is 1. The molecule has 0 fully saturated rings. The Morgan fingerprint density at radius 3 is 2.74 bits per heavy atom. The fourth-order valence-corrected chi connectivity index (χ4v) is 1.89. The van der Waals surface area contributed by atoms with Crippen molar-refractivity contribution < 1.29 is 9.84 Å². The summed E-state index contributed by atoms with van der Waals surface area (Å²) in [5, 5.41) is 13.0. The van der Waals surface area contributed by atoms with Gasteiger partial charge >= 0.3 is 0 Å². The highest BCUT2D eigenvalue weighted by Gasteiger charge is 2.05. The van der Waals surface area contributed by atoms with Gasteiger partial charge in [0.15, 0.2) is 11.5 Å². The molecule has 0 amide bonds. The van der Waals surface area contributed by atoms with E-state index in [1.165, 1.54) is 18.4 Å². The first-order valence-electron chi connectivity index (χ1n) is 6.76. The second-order valence-electron chi connectivity index (χ2n) is 4.75. The largest absolute Gasteiger partial charge is 0.504 e. The van der Waals surface area contributed by atoms with Gasteiger partial charge in [-0.05, 0) is 50.4 Å². The fourth-order valence-electron chi connectivity index (χ4n) is 1.89. The van der Waals surface area contributed by atoms with Crippen LogP contribution in [-0.2, 0) is 6.42 Å². The molecule has 3 nitrogen and oxygen atoms in total. The van der Waals surface area contributed by atoms with E-state index in [9.17, 15) is 5.11 Å². The minimum Gasteiger partial charge on any atom is -0.504 e. The zero-order valence-electron chi connectivity index (χ0n) is 12.1. The number of nitrogens with one attached hydrogen (secondary N) is 1. The van der Waals surface area contributed by atoms with E-state index in [2.05, 4.69) is 19.2 Å². The van der Waals surface area contributed by atoms with Gasteiger partial charge in [0.25, 0.3) is 0 Å². The van der Waals surface area contributed by atoms with Crippen LogP contribution in [0.4, 0.5) is 0 Å². The molecule has 0 radical (unpaired) electrons. The third kappa shape index (κ3) is 6.69. The Bertz CT molecular complexity index is 358. The van der Waals surface area contributed by atoms with Gasteiger partial charge in [0.2, 0.25) is 0 Å². The second kappa shape index (κ2) is 9.93. The number of ether oxygens (including phenoxy) is 1. The zero-order valence-corrected chi connectivity index (χ0v) is 12.9. The molecule has 4 heteroatoms. The van der Waals surface area contributed by atoms with Gasteiger partial charge in [-0.3, -0.25) is 0 Å². The molecule has 1 rings (SSSR count). The predicted molar refractivity (Wildman–Crippen MR) is 82.6 cm³/mol. The van der Waals surface area contributed by atoms with E-state index >= 15 is 0 Å². The molecule has 0 aliphatic rings. The van der Waals surface area contributed by atoms with Gasteiger partial charge in [-0.2, -0.15) is 0 Å². The van der Waals surface area contributed by atoms with Crippen LogP contribution >= 0.6 is 12.4 Å². The molecular weight excluding hydrogens is 262 g/mol. The van der Waals surface area contributed by atoms with Gasteiger partial charge in [-0.1, -0.05) is 19.4 Å². The van der Waals surface area contributed by atoms with Crippen LogP contribution in [0.15, 0.2) is 18.2 Å². The Morgan fingerprint density at radius 1 is 1.37 bits per heavy atom. The van der Waals surface area contributed by atoms with Gasteiger partial charge < -0.3 is 15.2 Å². The predicted octanol–water partition coefficient (Wildman–Crippen LogP) is 3.53. The lowest BCUT2D eigenvalue weighted by Gasteiger charge is -2.14.